The number of hydrogen-bond donors (Lipinski definition) is 0. The zero-order chi connectivity index (χ0) is 13.6. The van der Waals surface area contributed by atoms with Crippen LogP contribution in [-0.2, 0) is 9.47 Å². The van der Waals surface area contributed by atoms with Gasteiger partial charge in [0, 0.05) is 0 Å². The molecule has 18 heavy (non-hydrogen) atoms. The summed E-state index contributed by atoms with van der Waals surface area (Å²) in [5.74, 6) is 0. The Morgan fingerprint density at radius 3 is 1.33 bits per heavy atom. The van der Waals surface area contributed by atoms with Crippen LogP contribution in [0.1, 0.15) is 25.7 Å². The van der Waals surface area contributed by atoms with E-state index in [1.807, 2.05) is 12.2 Å². The zero-order valence-corrected chi connectivity index (χ0v) is 11.4. The summed E-state index contributed by atoms with van der Waals surface area (Å²) in [6.07, 6.45) is 11.3. The normalized spacial score (nSPS) is 13.6. The standard InChI is InChI=1S/C16H26O2/c1-5-9-15(17-13-7-3)11-12-16(10-6-2)18-14-8-4/h5-8,15-16H,1-4,9-14H2. The van der Waals surface area contributed by atoms with Crippen molar-refractivity contribution in [1.82, 2.24) is 0 Å². The highest BCUT2D eigenvalue weighted by atomic mass is 16.5. The van der Waals surface area contributed by atoms with Gasteiger partial charge in [-0.1, -0.05) is 24.3 Å². The van der Waals surface area contributed by atoms with Gasteiger partial charge in [0.1, 0.15) is 0 Å². The zero-order valence-electron chi connectivity index (χ0n) is 11.4. The number of ether oxygens (including phenoxy) is 2. The second-order valence-electron chi connectivity index (χ2n) is 4.11. The molecule has 0 aromatic carbocycles. The van der Waals surface area contributed by atoms with E-state index >= 15 is 0 Å². The van der Waals surface area contributed by atoms with Crippen molar-refractivity contribution < 1.29 is 9.47 Å². The summed E-state index contributed by atoms with van der Waals surface area (Å²) in [5, 5.41) is 0. The highest BCUT2D eigenvalue weighted by Gasteiger charge is 2.12. The van der Waals surface area contributed by atoms with Gasteiger partial charge in [0.15, 0.2) is 0 Å². The van der Waals surface area contributed by atoms with Gasteiger partial charge in [0.25, 0.3) is 0 Å². The monoisotopic (exact) mass is 250 g/mol. The maximum absolute atomic E-state index is 5.67. The topological polar surface area (TPSA) is 18.5 Å². The van der Waals surface area contributed by atoms with E-state index in [-0.39, 0.29) is 12.2 Å². The minimum absolute atomic E-state index is 0.195. The Morgan fingerprint density at radius 2 is 1.06 bits per heavy atom. The molecule has 0 fully saturated rings. The molecule has 0 heterocycles. The summed E-state index contributed by atoms with van der Waals surface area (Å²) in [6.45, 7) is 16.0. The fourth-order valence-corrected chi connectivity index (χ4v) is 1.69. The lowest BCUT2D eigenvalue weighted by Gasteiger charge is -2.20. The summed E-state index contributed by atoms with van der Waals surface area (Å²) in [5.41, 5.74) is 0. The van der Waals surface area contributed by atoms with Gasteiger partial charge in [0.2, 0.25) is 0 Å². The molecule has 0 radical (unpaired) electrons. The molecule has 102 valence electrons. The second-order valence-corrected chi connectivity index (χ2v) is 4.11. The Kier molecular flexibility index (Phi) is 11.6. The molecular formula is C16H26O2. The largest absolute Gasteiger partial charge is 0.374 e. The van der Waals surface area contributed by atoms with Gasteiger partial charge in [-0.05, 0) is 25.7 Å². The van der Waals surface area contributed by atoms with Gasteiger partial charge in [-0.3, -0.25) is 0 Å². The molecule has 0 spiro atoms. The van der Waals surface area contributed by atoms with E-state index in [1.54, 1.807) is 12.2 Å². The van der Waals surface area contributed by atoms with Crippen LogP contribution in [0.3, 0.4) is 0 Å². The minimum atomic E-state index is 0.195. The molecule has 0 aliphatic heterocycles. The average molecular weight is 250 g/mol. The SMILES string of the molecule is C=CCOC(CC=C)CCC(CC=C)OCC=C. The van der Waals surface area contributed by atoms with Crippen LogP contribution in [0.25, 0.3) is 0 Å². The lowest BCUT2D eigenvalue weighted by Crippen LogP contribution is -2.18. The first-order valence-electron chi connectivity index (χ1n) is 6.45. The van der Waals surface area contributed by atoms with E-state index in [9.17, 15) is 0 Å². The second kappa shape index (κ2) is 12.3. The van der Waals surface area contributed by atoms with Crippen molar-refractivity contribution in [2.24, 2.45) is 0 Å². The van der Waals surface area contributed by atoms with Crippen molar-refractivity contribution in [3.8, 4) is 0 Å². The van der Waals surface area contributed by atoms with Gasteiger partial charge >= 0.3 is 0 Å². The van der Waals surface area contributed by atoms with Crippen LogP contribution in [0.4, 0.5) is 0 Å². The molecule has 0 N–H and O–H groups in total. The maximum atomic E-state index is 5.67. The molecule has 2 atom stereocenters. The van der Waals surface area contributed by atoms with Gasteiger partial charge in [-0.15, -0.1) is 26.3 Å². The van der Waals surface area contributed by atoms with Crippen molar-refractivity contribution in [2.45, 2.75) is 37.9 Å². The molecule has 0 aliphatic rings. The quantitative estimate of drug-likeness (QED) is 0.459. The smallest absolute Gasteiger partial charge is 0.0648 e. The van der Waals surface area contributed by atoms with E-state index in [2.05, 4.69) is 26.3 Å². The van der Waals surface area contributed by atoms with Crippen molar-refractivity contribution in [2.75, 3.05) is 13.2 Å². The Balaban J connectivity index is 4.06. The summed E-state index contributed by atoms with van der Waals surface area (Å²) in [6, 6.07) is 0. The highest BCUT2D eigenvalue weighted by Crippen LogP contribution is 2.14. The third kappa shape index (κ3) is 8.97. The first-order chi connectivity index (χ1) is 8.78. The molecule has 2 unspecified atom stereocenters. The van der Waals surface area contributed by atoms with Crippen LogP contribution < -0.4 is 0 Å². The Bertz CT molecular complexity index is 219. The Labute approximate surface area is 112 Å². The van der Waals surface area contributed by atoms with Gasteiger partial charge in [-0.2, -0.15) is 0 Å². The molecule has 0 saturated carbocycles. The first kappa shape index (κ1) is 16.9. The summed E-state index contributed by atoms with van der Waals surface area (Å²) < 4.78 is 11.3. The predicted octanol–water partition coefficient (Wildman–Crippen LogP) is 4.06. The molecular weight excluding hydrogens is 224 g/mol. The van der Waals surface area contributed by atoms with Crippen LogP contribution in [0.15, 0.2) is 50.6 Å². The fourth-order valence-electron chi connectivity index (χ4n) is 1.69. The fraction of sp³-hybridized carbons (Fsp3) is 0.500. The van der Waals surface area contributed by atoms with Crippen LogP contribution in [0, 0.1) is 0 Å². The maximum Gasteiger partial charge on any atom is 0.0648 e. The molecule has 0 aromatic rings. The molecule has 0 amide bonds. The minimum Gasteiger partial charge on any atom is -0.374 e. The van der Waals surface area contributed by atoms with Crippen molar-refractivity contribution in [3.63, 3.8) is 0 Å². The van der Waals surface area contributed by atoms with Crippen molar-refractivity contribution in [3.05, 3.63) is 50.6 Å². The third-order valence-corrected chi connectivity index (χ3v) is 2.57. The number of rotatable bonds is 13. The highest BCUT2D eigenvalue weighted by molar-refractivity contribution is 4.79. The molecule has 0 bridgehead atoms. The van der Waals surface area contributed by atoms with Gasteiger partial charge in [-0.25, -0.2) is 0 Å². The predicted molar refractivity (Wildman–Crippen MR) is 78.7 cm³/mol. The van der Waals surface area contributed by atoms with Crippen LogP contribution in [0.2, 0.25) is 0 Å². The van der Waals surface area contributed by atoms with E-state index in [1.165, 1.54) is 0 Å². The lowest BCUT2D eigenvalue weighted by molar-refractivity contribution is 0.0320. The van der Waals surface area contributed by atoms with Crippen LogP contribution >= 0.6 is 0 Å². The average Bonchev–Trinajstić information content (AvgIpc) is 2.38. The molecule has 0 saturated heterocycles. The molecule has 2 nitrogen and oxygen atoms in total. The number of hydrogen-bond acceptors (Lipinski definition) is 2. The molecule has 0 rings (SSSR count). The van der Waals surface area contributed by atoms with E-state index in [0.29, 0.717) is 13.2 Å². The van der Waals surface area contributed by atoms with Gasteiger partial charge in [0.05, 0.1) is 25.4 Å². The molecule has 0 aliphatic carbocycles. The van der Waals surface area contributed by atoms with E-state index in [4.69, 9.17) is 9.47 Å². The summed E-state index contributed by atoms with van der Waals surface area (Å²) in [7, 11) is 0. The molecule has 0 aromatic heterocycles. The first-order valence-corrected chi connectivity index (χ1v) is 6.45. The van der Waals surface area contributed by atoms with E-state index < -0.39 is 0 Å². The third-order valence-electron chi connectivity index (χ3n) is 2.57. The summed E-state index contributed by atoms with van der Waals surface area (Å²) in [4.78, 5) is 0. The lowest BCUT2D eigenvalue weighted by atomic mass is 10.1. The van der Waals surface area contributed by atoms with Crippen LogP contribution in [0.5, 0.6) is 0 Å². The Morgan fingerprint density at radius 1 is 0.667 bits per heavy atom. The van der Waals surface area contributed by atoms with E-state index in [0.717, 1.165) is 25.7 Å². The Hall–Kier alpha value is -1.12. The molecule has 2 heteroatoms. The van der Waals surface area contributed by atoms with Crippen LogP contribution in [-0.4, -0.2) is 25.4 Å². The van der Waals surface area contributed by atoms with Crippen molar-refractivity contribution >= 4 is 0 Å². The van der Waals surface area contributed by atoms with Gasteiger partial charge < -0.3 is 9.47 Å². The van der Waals surface area contributed by atoms with Crippen molar-refractivity contribution in [1.29, 1.82) is 0 Å². The summed E-state index contributed by atoms with van der Waals surface area (Å²) >= 11 is 0.